The first-order valence-corrected chi connectivity index (χ1v) is 7.67. The Kier molecular flexibility index (Phi) is 3.30. The van der Waals surface area contributed by atoms with Gasteiger partial charge in [0.1, 0.15) is 11.5 Å². The number of fused-ring (bicyclic) bond motifs is 3. The maximum Gasteiger partial charge on any atom is 0.132 e. The Bertz CT molecular complexity index is 909. The van der Waals surface area contributed by atoms with E-state index >= 15 is 0 Å². The minimum atomic E-state index is 0.774. The summed E-state index contributed by atoms with van der Waals surface area (Å²) in [6.07, 6.45) is 0. The summed E-state index contributed by atoms with van der Waals surface area (Å²) in [7, 11) is 3.33. The van der Waals surface area contributed by atoms with Gasteiger partial charge in [-0.3, -0.25) is 4.99 Å². The minimum absolute atomic E-state index is 0.774. The Morgan fingerprint density at radius 3 is 2.70 bits per heavy atom. The van der Waals surface area contributed by atoms with Crippen molar-refractivity contribution in [2.45, 2.75) is 6.54 Å². The molecule has 1 aliphatic heterocycles. The number of hydrogen-bond donors (Lipinski definition) is 0. The standard InChI is InChI=1S/C19H18N2O2/c1-22-14-7-8-15(18(12-14)23-2)19-17-11-13-5-3-4-6-16(13)21(17)10-9-20-19/h3-8,11-12H,9-10H2,1-2H3. The van der Waals surface area contributed by atoms with Crippen molar-refractivity contribution >= 4 is 16.6 Å². The van der Waals surface area contributed by atoms with Gasteiger partial charge in [-0.05, 0) is 24.3 Å². The van der Waals surface area contributed by atoms with E-state index in [-0.39, 0.29) is 0 Å². The summed E-state index contributed by atoms with van der Waals surface area (Å²) in [4.78, 5) is 4.78. The highest BCUT2D eigenvalue weighted by atomic mass is 16.5. The summed E-state index contributed by atoms with van der Waals surface area (Å²) in [5.41, 5.74) is 4.37. The van der Waals surface area contributed by atoms with Gasteiger partial charge in [-0.15, -0.1) is 0 Å². The van der Waals surface area contributed by atoms with Crippen LogP contribution in [0.25, 0.3) is 10.9 Å². The molecule has 0 radical (unpaired) electrons. The number of hydrogen-bond acceptors (Lipinski definition) is 3. The van der Waals surface area contributed by atoms with E-state index in [2.05, 4.69) is 34.9 Å². The van der Waals surface area contributed by atoms with Crippen LogP contribution in [0.3, 0.4) is 0 Å². The number of aromatic nitrogens is 1. The van der Waals surface area contributed by atoms with Crippen LogP contribution in [0, 0.1) is 0 Å². The van der Waals surface area contributed by atoms with Crippen LogP contribution in [0.4, 0.5) is 0 Å². The van der Waals surface area contributed by atoms with E-state index in [1.54, 1.807) is 14.2 Å². The number of methoxy groups -OCH3 is 2. The quantitative estimate of drug-likeness (QED) is 0.742. The molecule has 0 amide bonds. The molecule has 23 heavy (non-hydrogen) atoms. The zero-order valence-electron chi connectivity index (χ0n) is 13.2. The van der Waals surface area contributed by atoms with E-state index in [9.17, 15) is 0 Å². The molecule has 1 aliphatic rings. The molecular weight excluding hydrogens is 288 g/mol. The fourth-order valence-corrected chi connectivity index (χ4v) is 3.21. The lowest BCUT2D eigenvalue weighted by Crippen LogP contribution is -2.19. The molecule has 2 heterocycles. The summed E-state index contributed by atoms with van der Waals surface area (Å²) in [5.74, 6) is 1.56. The topological polar surface area (TPSA) is 35.8 Å². The van der Waals surface area contributed by atoms with E-state index in [1.165, 1.54) is 10.9 Å². The largest absolute Gasteiger partial charge is 0.497 e. The van der Waals surface area contributed by atoms with Gasteiger partial charge in [0.15, 0.2) is 0 Å². The molecule has 1 aromatic heterocycles. The van der Waals surface area contributed by atoms with Crippen LogP contribution in [-0.2, 0) is 6.54 Å². The third-order valence-electron chi connectivity index (χ3n) is 4.31. The Morgan fingerprint density at radius 1 is 1.00 bits per heavy atom. The number of para-hydroxylation sites is 1. The summed E-state index contributed by atoms with van der Waals surface area (Å²) < 4.78 is 13.2. The minimum Gasteiger partial charge on any atom is -0.497 e. The molecule has 3 aromatic rings. The fourth-order valence-electron chi connectivity index (χ4n) is 3.21. The van der Waals surface area contributed by atoms with Gasteiger partial charge in [-0.25, -0.2) is 0 Å². The molecule has 0 saturated carbocycles. The Hall–Kier alpha value is -2.75. The first kappa shape index (κ1) is 13.9. The SMILES string of the molecule is COc1ccc(C2=NCCn3c2cc2ccccc23)c(OC)c1. The van der Waals surface area contributed by atoms with Crippen molar-refractivity contribution in [3.8, 4) is 11.5 Å². The van der Waals surface area contributed by atoms with Gasteiger partial charge in [0.05, 0.1) is 32.2 Å². The number of benzene rings is 2. The average molecular weight is 306 g/mol. The average Bonchev–Trinajstić information content (AvgIpc) is 3.00. The van der Waals surface area contributed by atoms with Crippen LogP contribution in [0.1, 0.15) is 11.3 Å². The summed E-state index contributed by atoms with van der Waals surface area (Å²) in [6, 6.07) is 16.5. The summed E-state index contributed by atoms with van der Waals surface area (Å²) in [5, 5.41) is 1.24. The second-order valence-electron chi connectivity index (χ2n) is 5.54. The van der Waals surface area contributed by atoms with Crippen LogP contribution in [0.2, 0.25) is 0 Å². The molecule has 2 aromatic carbocycles. The Labute approximate surface area is 135 Å². The zero-order chi connectivity index (χ0) is 15.8. The van der Waals surface area contributed by atoms with Crippen molar-refractivity contribution in [1.29, 1.82) is 0 Å². The number of aliphatic imine (C=N–C) groups is 1. The van der Waals surface area contributed by atoms with Gasteiger partial charge < -0.3 is 14.0 Å². The molecule has 0 aliphatic carbocycles. The lowest BCUT2D eigenvalue weighted by molar-refractivity contribution is 0.394. The second kappa shape index (κ2) is 5.47. The number of ether oxygens (including phenoxy) is 2. The van der Waals surface area contributed by atoms with E-state index in [0.29, 0.717) is 0 Å². The molecular formula is C19H18N2O2. The van der Waals surface area contributed by atoms with Crippen LogP contribution in [-0.4, -0.2) is 31.0 Å². The van der Waals surface area contributed by atoms with Gasteiger partial charge in [-0.1, -0.05) is 18.2 Å². The molecule has 0 N–H and O–H groups in total. The van der Waals surface area contributed by atoms with Gasteiger partial charge in [0, 0.05) is 29.1 Å². The van der Waals surface area contributed by atoms with Crippen molar-refractivity contribution in [2.75, 3.05) is 20.8 Å². The third kappa shape index (κ3) is 2.18. The van der Waals surface area contributed by atoms with Crippen molar-refractivity contribution in [2.24, 2.45) is 4.99 Å². The number of rotatable bonds is 3. The Morgan fingerprint density at radius 2 is 1.87 bits per heavy atom. The van der Waals surface area contributed by atoms with Crippen molar-refractivity contribution in [3.63, 3.8) is 0 Å². The van der Waals surface area contributed by atoms with Gasteiger partial charge >= 0.3 is 0 Å². The van der Waals surface area contributed by atoms with Crippen LogP contribution in [0.5, 0.6) is 11.5 Å². The van der Waals surface area contributed by atoms with Crippen LogP contribution in [0.15, 0.2) is 53.5 Å². The molecule has 0 unspecified atom stereocenters. The van der Waals surface area contributed by atoms with E-state index in [1.807, 2.05) is 18.2 Å². The number of nitrogens with zero attached hydrogens (tertiary/aromatic N) is 2. The summed E-state index contributed by atoms with van der Waals surface area (Å²) in [6.45, 7) is 1.68. The molecule has 0 fully saturated rings. The van der Waals surface area contributed by atoms with Crippen molar-refractivity contribution in [1.82, 2.24) is 4.57 Å². The highest BCUT2D eigenvalue weighted by Gasteiger charge is 2.21. The van der Waals surface area contributed by atoms with Gasteiger partial charge in [-0.2, -0.15) is 0 Å². The predicted molar refractivity (Wildman–Crippen MR) is 92.0 cm³/mol. The maximum atomic E-state index is 5.56. The van der Waals surface area contributed by atoms with Gasteiger partial charge in [0.2, 0.25) is 0 Å². The summed E-state index contributed by atoms with van der Waals surface area (Å²) >= 11 is 0. The highest BCUT2D eigenvalue weighted by molar-refractivity contribution is 6.16. The molecule has 4 heteroatoms. The van der Waals surface area contributed by atoms with Gasteiger partial charge in [0.25, 0.3) is 0 Å². The third-order valence-corrected chi connectivity index (χ3v) is 4.31. The second-order valence-corrected chi connectivity index (χ2v) is 5.54. The van der Waals surface area contributed by atoms with Crippen LogP contribution < -0.4 is 9.47 Å². The molecule has 0 atom stereocenters. The molecule has 0 spiro atoms. The smallest absolute Gasteiger partial charge is 0.132 e. The normalized spacial score (nSPS) is 13.6. The Balaban J connectivity index is 1.90. The van der Waals surface area contributed by atoms with Crippen molar-refractivity contribution in [3.05, 3.63) is 59.8 Å². The van der Waals surface area contributed by atoms with Crippen LogP contribution >= 0.6 is 0 Å². The first-order valence-electron chi connectivity index (χ1n) is 7.67. The fraction of sp³-hybridized carbons (Fsp3) is 0.211. The van der Waals surface area contributed by atoms with E-state index in [4.69, 9.17) is 14.5 Å². The predicted octanol–water partition coefficient (Wildman–Crippen LogP) is 3.51. The molecule has 0 saturated heterocycles. The lowest BCUT2D eigenvalue weighted by Gasteiger charge is -2.19. The monoisotopic (exact) mass is 306 g/mol. The van der Waals surface area contributed by atoms with Crippen molar-refractivity contribution < 1.29 is 9.47 Å². The molecule has 4 nitrogen and oxygen atoms in total. The molecule has 0 bridgehead atoms. The first-order chi connectivity index (χ1) is 11.3. The zero-order valence-corrected chi connectivity index (χ0v) is 13.2. The van der Waals surface area contributed by atoms with E-state index < -0.39 is 0 Å². The molecule has 4 rings (SSSR count). The van der Waals surface area contributed by atoms with E-state index in [0.717, 1.165) is 41.6 Å². The highest BCUT2D eigenvalue weighted by Crippen LogP contribution is 2.31. The molecule has 116 valence electrons. The maximum absolute atomic E-state index is 5.56. The lowest BCUT2D eigenvalue weighted by atomic mass is 10.0.